The van der Waals surface area contributed by atoms with Crippen molar-refractivity contribution in [3.63, 3.8) is 0 Å². The highest BCUT2D eigenvalue weighted by Gasteiger charge is 2.29. The van der Waals surface area contributed by atoms with Gasteiger partial charge in [-0.2, -0.15) is 0 Å². The molecule has 3 aromatic rings. The minimum Gasteiger partial charge on any atom is -0.365 e. The highest BCUT2D eigenvalue weighted by atomic mass is 32.2. The summed E-state index contributed by atoms with van der Waals surface area (Å²) in [5, 5.41) is 2.60. The number of benzene rings is 3. The van der Waals surface area contributed by atoms with E-state index in [1.807, 2.05) is 13.0 Å². The van der Waals surface area contributed by atoms with Crippen LogP contribution in [0.3, 0.4) is 0 Å². The summed E-state index contributed by atoms with van der Waals surface area (Å²) in [6.45, 7) is 9.09. The van der Waals surface area contributed by atoms with Gasteiger partial charge in [0, 0.05) is 43.9 Å². The minimum absolute atomic E-state index is 0.0456. The van der Waals surface area contributed by atoms with Crippen LogP contribution < -0.4 is 10.2 Å². The van der Waals surface area contributed by atoms with E-state index in [1.165, 1.54) is 42.8 Å². The van der Waals surface area contributed by atoms with E-state index < -0.39 is 15.7 Å². The van der Waals surface area contributed by atoms with Crippen molar-refractivity contribution in [2.75, 3.05) is 29.9 Å². The first-order valence-corrected chi connectivity index (χ1v) is 13.4. The zero-order valence-corrected chi connectivity index (χ0v) is 21.8. The Morgan fingerprint density at radius 2 is 1.64 bits per heavy atom. The van der Waals surface area contributed by atoms with Crippen molar-refractivity contribution >= 4 is 33.0 Å². The van der Waals surface area contributed by atoms with Crippen LogP contribution in [0.1, 0.15) is 35.3 Å². The van der Waals surface area contributed by atoms with Crippen molar-refractivity contribution in [2.45, 2.75) is 43.5 Å². The van der Waals surface area contributed by atoms with Crippen molar-refractivity contribution in [1.29, 1.82) is 0 Å². The van der Waals surface area contributed by atoms with Gasteiger partial charge in [0.05, 0.1) is 15.5 Å². The summed E-state index contributed by atoms with van der Waals surface area (Å²) in [6, 6.07) is 19.3. The number of aryl methyl sites for hydroxylation is 2. The van der Waals surface area contributed by atoms with E-state index in [-0.39, 0.29) is 27.4 Å². The number of hydrogen-bond donors (Lipinski definition) is 1. The van der Waals surface area contributed by atoms with Crippen LogP contribution in [0, 0.1) is 13.8 Å². The molecule has 0 radical (unpaired) electrons. The van der Waals surface area contributed by atoms with Crippen molar-refractivity contribution in [1.82, 2.24) is 4.90 Å². The monoisotopic (exact) mass is 505 g/mol. The Kier molecular flexibility index (Phi) is 7.17. The average Bonchev–Trinajstić information content (AvgIpc) is 2.83. The molecule has 0 bridgehead atoms. The molecule has 0 saturated carbocycles. The van der Waals surface area contributed by atoms with Gasteiger partial charge in [-0.05, 0) is 68.8 Å². The van der Waals surface area contributed by atoms with Crippen LogP contribution in [-0.4, -0.2) is 50.8 Å². The Bertz CT molecular complexity index is 1400. The van der Waals surface area contributed by atoms with E-state index in [2.05, 4.69) is 42.3 Å². The summed E-state index contributed by atoms with van der Waals surface area (Å²) in [7, 11) is -3.90. The van der Waals surface area contributed by atoms with Crippen LogP contribution in [0.5, 0.6) is 0 Å². The molecule has 0 aromatic heterocycles. The molecule has 1 aliphatic rings. The van der Waals surface area contributed by atoms with Gasteiger partial charge < -0.3 is 15.1 Å². The van der Waals surface area contributed by atoms with Gasteiger partial charge in [-0.25, -0.2) is 8.42 Å². The molecule has 1 unspecified atom stereocenters. The number of carbonyl (C=O) groups is 2. The van der Waals surface area contributed by atoms with E-state index in [0.29, 0.717) is 25.2 Å². The summed E-state index contributed by atoms with van der Waals surface area (Å²) < 4.78 is 26.6. The molecule has 2 amide bonds. The predicted molar refractivity (Wildman–Crippen MR) is 141 cm³/mol. The summed E-state index contributed by atoms with van der Waals surface area (Å²) in [4.78, 5) is 29.4. The quantitative estimate of drug-likeness (QED) is 0.554. The number of sulfone groups is 1. The number of anilines is 2. The van der Waals surface area contributed by atoms with Gasteiger partial charge in [-0.3, -0.25) is 9.59 Å². The van der Waals surface area contributed by atoms with E-state index >= 15 is 0 Å². The van der Waals surface area contributed by atoms with Crippen molar-refractivity contribution in [2.24, 2.45) is 0 Å². The molecule has 1 heterocycles. The van der Waals surface area contributed by atoms with Crippen LogP contribution in [0.15, 0.2) is 76.5 Å². The van der Waals surface area contributed by atoms with E-state index in [9.17, 15) is 18.0 Å². The van der Waals surface area contributed by atoms with Gasteiger partial charge in [0.1, 0.15) is 0 Å². The SMILES string of the molecule is CC(=O)Nc1cc(C(=O)N2CCN(c3cccc(C)c3)C(C)C2)ccc1S(=O)(=O)c1ccc(C)cc1. The molecule has 0 spiro atoms. The summed E-state index contributed by atoms with van der Waals surface area (Å²) >= 11 is 0. The zero-order valence-electron chi connectivity index (χ0n) is 21.0. The molecule has 3 aromatic carbocycles. The fourth-order valence-corrected chi connectivity index (χ4v) is 5.94. The molecule has 8 heteroatoms. The third-order valence-corrected chi connectivity index (χ3v) is 8.23. The summed E-state index contributed by atoms with van der Waals surface area (Å²) in [5.41, 5.74) is 3.68. The van der Waals surface area contributed by atoms with Gasteiger partial charge in [-0.15, -0.1) is 0 Å². The average molecular weight is 506 g/mol. The molecule has 188 valence electrons. The zero-order chi connectivity index (χ0) is 26.0. The van der Waals surface area contributed by atoms with Gasteiger partial charge in [-0.1, -0.05) is 29.8 Å². The first-order valence-electron chi connectivity index (χ1n) is 11.9. The lowest BCUT2D eigenvalue weighted by atomic mass is 10.1. The largest absolute Gasteiger partial charge is 0.365 e. The second-order valence-corrected chi connectivity index (χ2v) is 11.3. The van der Waals surface area contributed by atoms with Crippen LogP contribution in [0.25, 0.3) is 0 Å². The Hall–Kier alpha value is -3.65. The normalized spacial score (nSPS) is 16.1. The molecule has 0 aliphatic carbocycles. The third kappa shape index (κ3) is 5.28. The second kappa shape index (κ2) is 10.1. The third-order valence-electron chi connectivity index (χ3n) is 6.41. The smallest absolute Gasteiger partial charge is 0.254 e. The minimum atomic E-state index is -3.90. The number of nitrogens with one attached hydrogen (secondary N) is 1. The first-order chi connectivity index (χ1) is 17.1. The Balaban J connectivity index is 1.60. The first kappa shape index (κ1) is 25.4. The lowest BCUT2D eigenvalue weighted by Gasteiger charge is -2.41. The lowest BCUT2D eigenvalue weighted by Crippen LogP contribution is -2.53. The number of hydrogen-bond acceptors (Lipinski definition) is 5. The highest BCUT2D eigenvalue weighted by Crippen LogP contribution is 2.30. The molecule has 4 rings (SSSR count). The maximum atomic E-state index is 13.4. The highest BCUT2D eigenvalue weighted by molar-refractivity contribution is 7.91. The Morgan fingerprint density at radius 1 is 0.917 bits per heavy atom. The number of carbonyl (C=O) groups excluding carboxylic acids is 2. The second-order valence-electron chi connectivity index (χ2n) is 9.34. The van der Waals surface area contributed by atoms with Gasteiger partial charge in [0.15, 0.2) is 0 Å². The van der Waals surface area contributed by atoms with Crippen LogP contribution in [-0.2, 0) is 14.6 Å². The van der Waals surface area contributed by atoms with Gasteiger partial charge in [0.25, 0.3) is 5.91 Å². The number of nitrogens with zero attached hydrogens (tertiary/aromatic N) is 2. The molecule has 1 fully saturated rings. The van der Waals surface area contributed by atoms with Gasteiger partial charge in [0.2, 0.25) is 15.7 Å². The molecule has 1 atom stereocenters. The van der Waals surface area contributed by atoms with Crippen LogP contribution in [0.2, 0.25) is 0 Å². The number of amides is 2. The van der Waals surface area contributed by atoms with Crippen LogP contribution >= 0.6 is 0 Å². The molecule has 1 saturated heterocycles. The molecule has 1 N–H and O–H groups in total. The summed E-state index contributed by atoms with van der Waals surface area (Å²) in [5.74, 6) is -0.614. The Labute approximate surface area is 212 Å². The van der Waals surface area contributed by atoms with Crippen molar-refractivity contribution in [3.05, 3.63) is 83.4 Å². The Morgan fingerprint density at radius 3 is 2.28 bits per heavy atom. The predicted octanol–water partition coefficient (Wildman–Crippen LogP) is 4.45. The van der Waals surface area contributed by atoms with Gasteiger partial charge >= 0.3 is 0 Å². The maximum Gasteiger partial charge on any atom is 0.254 e. The van der Waals surface area contributed by atoms with E-state index in [0.717, 1.165) is 11.3 Å². The van der Waals surface area contributed by atoms with Crippen LogP contribution in [0.4, 0.5) is 11.4 Å². The molecule has 1 aliphatic heterocycles. The molecular formula is C28H31N3O4S. The summed E-state index contributed by atoms with van der Waals surface area (Å²) in [6.07, 6.45) is 0. The standard InChI is InChI=1S/C28H31N3O4S/c1-19-8-11-25(12-9-19)36(34,35)27-13-10-23(17-26(27)29-22(4)32)28(33)30-14-15-31(21(3)18-30)24-7-5-6-20(2)16-24/h5-13,16-17,21H,14-15,18H2,1-4H3,(H,29,32). The number of piperazine rings is 1. The fraction of sp³-hybridized carbons (Fsp3) is 0.286. The topological polar surface area (TPSA) is 86.8 Å². The molecule has 7 nitrogen and oxygen atoms in total. The fourth-order valence-electron chi connectivity index (χ4n) is 4.54. The van der Waals surface area contributed by atoms with E-state index in [1.54, 1.807) is 17.0 Å². The molecular weight excluding hydrogens is 474 g/mol. The lowest BCUT2D eigenvalue weighted by molar-refractivity contribution is -0.114. The maximum absolute atomic E-state index is 13.4. The number of rotatable bonds is 5. The van der Waals surface area contributed by atoms with E-state index in [4.69, 9.17) is 0 Å². The van der Waals surface area contributed by atoms with Crippen molar-refractivity contribution in [3.8, 4) is 0 Å². The molecule has 36 heavy (non-hydrogen) atoms. The van der Waals surface area contributed by atoms with Crippen molar-refractivity contribution < 1.29 is 18.0 Å².